The van der Waals surface area contributed by atoms with Gasteiger partial charge in [0.2, 0.25) is 0 Å². The lowest BCUT2D eigenvalue weighted by atomic mass is 10.1. The highest BCUT2D eigenvalue weighted by molar-refractivity contribution is 5.31. The van der Waals surface area contributed by atoms with E-state index >= 15 is 0 Å². The van der Waals surface area contributed by atoms with Crippen LogP contribution in [-0.2, 0) is 5.92 Å². The highest BCUT2D eigenvalue weighted by Crippen LogP contribution is 2.29. The average molecular weight is 229 g/mol. The fourth-order valence-corrected chi connectivity index (χ4v) is 1.37. The summed E-state index contributed by atoms with van der Waals surface area (Å²) in [7, 11) is 1.46. The van der Waals surface area contributed by atoms with Crippen molar-refractivity contribution in [1.82, 2.24) is 5.32 Å². The first-order chi connectivity index (χ1) is 7.60. The Bertz CT molecular complexity index is 329. The summed E-state index contributed by atoms with van der Waals surface area (Å²) in [5.41, 5.74) is -0.0181. The lowest BCUT2D eigenvalue weighted by Gasteiger charge is -2.17. The number of alkyl halides is 2. The van der Waals surface area contributed by atoms with Gasteiger partial charge in [-0.3, -0.25) is 0 Å². The van der Waals surface area contributed by atoms with Crippen molar-refractivity contribution in [3.05, 3.63) is 29.8 Å². The van der Waals surface area contributed by atoms with Crippen LogP contribution in [-0.4, -0.2) is 20.2 Å². The van der Waals surface area contributed by atoms with Gasteiger partial charge >= 0.3 is 0 Å². The predicted octanol–water partition coefficient (Wildman–Crippen LogP) is 2.79. The van der Waals surface area contributed by atoms with Crippen molar-refractivity contribution in [1.29, 1.82) is 0 Å². The Kier molecular flexibility index (Phi) is 4.68. The monoisotopic (exact) mass is 229 g/mol. The molecule has 0 saturated heterocycles. The second-order valence-electron chi connectivity index (χ2n) is 3.61. The molecule has 0 unspecified atom stereocenters. The first kappa shape index (κ1) is 12.9. The van der Waals surface area contributed by atoms with Crippen molar-refractivity contribution >= 4 is 0 Å². The van der Waals surface area contributed by atoms with Crippen LogP contribution in [0.2, 0.25) is 0 Å². The fourth-order valence-electron chi connectivity index (χ4n) is 1.37. The molecule has 1 N–H and O–H groups in total. The molecule has 1 aromatic carbocycles. The molecular weight excluding hydrogens is 212 g/mol. The molecule has 1 rings (SSSR count). The number of nitrogens with one attached hydrogen (secondary N) is 1. The van der Waals surface area contributed by atoms with Crippen LogP contribution < -0.4 is 10.1 Å². The molecule has 0 spiro atoms. The molecule has 0 atom stereocenters. The van der Waals surface area contributed by atoms with Crippen LogP contribution in [0.15, 0.2) is 24.3 Å². The molecule has 0 radical (unpaired) electrons. The van der Waals surface area contributed by atoms with Crippen molar-refractivity contribution in [3.63, 3.8) is 0 Å². The molecule has 1 aromatic rings. The summed E-state index contributed by atoms with van der Waals surface area (Å²) < 4.78 is 32.3. The van der Waals surface area contributed by atoms with Gasteiger partial charge in [-0.05, 0) is 25.1 Å². The van der Waals surface area contributed by atoms with Gasteiger partial charge in [0.1, 0.15) is 5.75 Å². The van der Waals surface area contributed by atoms with Crippen molar-refractivity contribution < 1.29 is 13.5 Å². The maximum absolute atomic E-state index is 13.7. The summed E-state index contributed by atoms with van der Waals surface area (Å²) in [4.78, 5) is 0. The predicted molar refractivity (Wildman–Crippen MR) is 60.0 cm³/mol. The third-order valence-electron chi connectivity index (χ3n) is 2.27. The Hall–Kier alpha value is -1.16. The number of ether oxygens (including phenoxy) is 1. The molecule has 0 aromatic heterocycles. The second kappa shape index (κ2) is 5.80. The van der Waals surface area contributed by atoms with Crippen LogP contribution in [0.5, 0.6) is 5.75 Å². The van der Waals surface area contributed by atoms with E-state index in [2.05, 4.69) is 5.32 Å². The third-order valence-corrected chi connectivity index (χ3v) is 2.27. The highest BCUT2D eigenvalue weighted by atomic mass is 19.3. The summed E-state index contributed by atoms with van der Waals surface area (Å²) >= 11 is 0. The van der Waals surface area contributed by atoms with Crippen LogP contribution >= 0.6 is 0 Å². The van der Waals surface area contributed by atoms with Crippen molar-refractivity contribution in [3.8, 4) is 5.75 Å². The van der Waals surface area contributed by atoms with E-state index in [0.717, 1.165) is 6.42 Å². The maximum atomic E-state index is 13.7. The van der Waals surface area contributed by atoms with Gasteiger partial charge in [0.25, 0.3) is 5.92 Å². The average Bonchev–Trinajstić information content (AvgIpc) is 2.29. The number of halogens is 2. The van der Waals surface area contributed by atoms with E-state index in [1.165, 1.54) is 19.2 Å². The van der Waals surface area contributed by atoms with Gasteiger partial charge in [-0.15, -0.1) is 0 Å². The molecule has 0 bridgehead atoms. The summed E-state index contributed by atoms with van der Waals surface area (Å²) in [6.45, 7) is 2.20. The second-order valence-corrected chi connectivity index (χ2v) is 3.61. The van der Waals surface area contributed by atoms with Gasteiger partial charge < -0.3 is 10.1 Å². The minimum Gasteiger partial charge on any atom is -0.497 e. The number of methoxy groups -OCH3 is 1. The Labute approximate surface area is 94.6 Å². The molecule has 0 heterocycles. The van der Waals surface area contributed by atoms with E-state index in [-0.39, 0.29) is 12.1 Å². The van der Waals surface area contributed by atoms with E-state index in [1.807, 2.05) is 6.92 Å². The molecule has 0 fully saturated rings. The molecule has 0 aliphatic carbocycles. The largest absolute Gasteiger partial charge is 0.497 e. The quantitative estimate of drug-likeness (QED) is 0.757. The smallest absolute Gasteiger partial charge is 0.285 e. The Morgan fingerprint density at radius 3 is 2.75 bits per heavy atom. The zero-order valence-corrected chi connectivity index (χ0v) is 9.59. The third kappa shape index (κ3) is 3.45. The van der Waals surface area contributed by atoms with E-state index in [4.69, 9.17) is 4.74 Å². The van der Waals surface area contributed by atoms with Crippen LogP contribution in [0.1, 0.15) is 18.9 Å². The fraction of sp³-hybridized carbons (Fsp3) is 0.500. The van der Waals surface area contributed by atoms with Crippen molar-refractivity contribution in [2.45, 2.75) is 19.3 Å². The molecular formula is C12H17F2NO. The van der Waals surface area contributed by atoms with Gasteiger partial charge in [0.05, 0.1) is 13.7 Å². The first-order valence-electron chi connectivity index (χ1n) is 5.33. The van der Waals surface area contributed by atoms with Crippen molar-refractivity contribution in [2.75, 3.05) is 20.2 Å². The summed E-state index contributed by atoms with van der Waals surface area (Å²) in [5.74, 6) is -2.41. The molecule has 90 valence electrons. The number of benzene rings is 1. The molecule has 0 amide bonds. The number of hydrogen-bond acceptors (Lipinski definition) is 2. The minimum absolute atomic E-state index is 0.0181. The maximum Gasteiger partial charge on any atom is 0.285 e. The van der Waals surface area contributed by atoms with Gasteiger partial charge in [0.15, 0.2) is 0 Å². The van der Waals surface area contributed by atoms with Gasteiger partial charge in [-0.25, -0.2) is 0 Å². The molecule has 0 aliphatic rings. The van der Waals surface area contributed by atoms with Crippen LogP contribution in [0.25, 0.3) is 0 Å². The van der Waals surface area contributed by atoms with Gasteiger partial charge in [0, 0.05) is 5.56 Å². The van der Waals surface area contributed by atoms with E-state index in [9.17, 15) is 8.78 Å². The standard InChI is InChI=1S/C12H17F2NO/c1-3-7-15-9-12(13,14)10-5-4-6-11(8-10)16-2/h4-6,8,15H,3,7,9H2,1-2H3. The zero-order valence-electron chi connectivity index (χ0n) is 9.59. The summed E-state index contributed by atoms with van der Waals surface area (Å²) in [5, 5.41) is 2.72. The molecule has 0 aliphatic heterocycles. The Morgan fingerprint density at radius 2 is 2.12 bits per heavy atom. The Morgan fingerprint density at radius 1 is 1.38 bits per heavy atom. The van der Waals surface area contributed by atoms with Crippen LogP contribution in [0, 0.1) is 0 Å². The normalized spacial score (nSPS) is 11.5. The topological polar surface area (TPSA) is 21.3 Å². The minimum atomic E-state index is -2.86. The summed E-state index contributed by atoms with van der Waals surface area (Å²) in [6.07, 6.45) is 0.841. The number of hydrogen-bond donors (Lipinski definition) is 1. The highest BCUT2D eigenvalue weighted by Gasteiger charge is 2.31. The van der Waals surface area contributed by atoms with Crippen LogP contribution in [0.4, 0.5) is 8.78 Å². The van der Waals surface area contributed by atoms with E-state index in [0.29, 0.717) is 12.3 Å². The van der Waals surface area contributed by atoms with Gasteiger partial charge in [-0.2, -0.15) is 8.78 Å². The lowest BCUT2D eigenvalue weighted by Crippen LogP contribution is -2.31. The zero-order chi connectivity index (χ0) is 12.0. The molecule has 2 nitrogen and oxygen atoms in total. The van der Waals surface area contributed by atoms with Crippen molar-refractivity contribution in [2.24, 2.45) is 0 Å². The molecule has 16 heavy (non-hydrogen) atoms. The Balaban J connectivity index is 2.72. The molecule has 4 heteroatoms. The first-order valence-corrected chi connectivity index (χ1v) is 5.33. The summed E-state index contributed by atoms with van der Waals surface area (Å²) in [6, 6.07) is 6.00. The van der Waals surface area contributed by atoms with Gasteiger partial charge in [-0.1, -0.05) is 19.1 Å². The lowest BCUT2D eigenvalue weighted by molar-refractivity contribution is -0.00309. The van der Waals surface area contributed by atoms with E-state index in [1.54, 1.807) is 12.1 Å². The van der Waals surface area contributed by atoms with Crippen LogP contribution in [0.3, 0.4) is 0 Å². The van der Waals surface area contributed by atoms with E-state index < -0.39 is 5.92 Å². The number of rotatable bonds is 6. The SMILES string of the molecule is CCCNCC(F)(F)c1cccc(OC)c1. The molecule has 0 saturated carbocycles.